The van der Waals surface area contributed by atoms with Crippen LogP contribution >= 0.6 is 24.8 Å². The zero-order chi connectivity index (χ0) is 39.4. The maximum absolute atomic E-state index is 6.02. The molecule has 58 heavy (non-hydrogen) atoms. The highest BCUT2D eigenvalue weighted by molar-refractivity contribution is 5.85. The molecular weight excluding hydrogens is 777 g/mol. The second-order valence-electron chi connectivity index (χ2n) is 13.9. The fourth-order valence-corrected chi connectivity index (χ4v) is 7.40. The van der Waals surface area contributed by atoms with Crippen molar-refractivity contribution in [1.82, 2.24) is 9.88 Å². The lowest BCUT2D eigenvalue weighted by atomic mass is 9.99. The van der Waals surface area contributed by atoms with Crippen molar-refractivity contribution >= 4 is 30.5 Å². The van der Waals surface area contributed by atoms with E-state index in [0.717, 1.165) is 92.2 Å². The van der Waals surface area contributed by atoms with Gasteiger partial charge in [-0.25, -0.2) is 0 Å². The van der Waals surface area contributed by atoms with Crippen LogP contribution in [0.25, 0.3) is 22.4 Å². The van der Waals surface area contributed by atoms with Crippen LogP contribution in [0.15, 0.2) is 91.1 Å². The van der Waals surface area contributed by atoms with Crippen molar-refractivity contribution < 1.29 is 33.2 Å². The number of rotatable bonds is 18. The first kappa shape index (κ1) is 45.7. The number of hydrogen-bond acceptors (Lipinski definition) is 10. The Hall–Kier alpha value is -5.03. The number of ether oxygens (including phenoxy) is 7. The molecule has 0 aliphatic carbocycles. The van der Waals surface area contributed by atoms with Gasteiger partial charge in [0, 0.05) is 49.7 Å². The van der Waals surface area contributed by atoms with Crippen LogP contribution in [-0.2, 0) is 13.1 Å². The number of pyridine rings is 1. The van der Waals surface area contributed by atoms with Crippen LogP contribution < -0.4 is 38.1 Å². The number of piperidine rings is 1. The quantitative estimate of drug-likeness (QED) is 0.0796. The van der Waals surface area contributed by atoms with E-state index in [2.05, 4.69) is 77.4 Å². The van der Waals surface area contributed by atoms with Crippen LogP contribution in [0.4, 0.5) is 5.69 Å². The molecule has 10 nitrogen and oxygen atoms in total. The predicted molar refractivity (Wildman–Crippen MR) is 237 cm³/mol. The van der Waals surface area contributed by atoms with Gasteiger partial charge in [-0.2, -0.15) is 0 Å². The summed E-state index contributed by atoms with van der Waals surface area (Å²) in [6, 6.07) is 29.8. The third kappa shape index (κ3) is 10.9. The van der Waals surface area contributed by atoms with Gasteiger partial charge >= 0.3 is 0 Å². The van der Waals surface area contributed by atoms with Crippen LogP contribution in [0.1, 0.15) is 43.7 Å². The average molecular weight is 835 g/mol. The Bertz CT molecular complexity index is 1990. The van der Waals surface area contributed by atoms with Gasteiger partial charge in [0.2, 0.25) is 11.5 Å². The van der Waals surface area contributed by atoms with Crippen molar-refractivity contribution in [2.45, 2.75) is 51.7 Å². The van der Waals surface area contributed by atoms with E-state index in [0.29, 0.717) is 40.5 Å². The maximum Gasteiger partial charge on any atom is 0.203 e. The van der Waals surface area contributed by atoms with Gasteiger partial charge in [0.1, 0.15) is 5.75 Å². The minimum Gasteiger partial charge on any atom is -0.494 e. The van der Waals surface area contributed by atoms with Crippen LogP contribution in [-0.4, -0.2) is 78.3 Å². The van der Waals surface area contributed by atoms with Crippen molar-refractivity contribution in [3.05, 3.63) is 102 Å². The van der Waals surface area contributed by atoms with Crippen LogP contribution in [0.2, 0.25) is 0 Å². The smallest absolute Gasteiger partial charge is 0.203 e. The molecular formula is C46H57Cl2N3O7. The normalized spacial score (nSPS) is 12.7. The van der Waals surface area contributed by atoms with Gasteiger partial charge in [-0.15, -0.1) is 24.8 Å². The Morgan fingerprint density at radius 1 is 0.638 bits per heavy atom. The van der Waals surface area contributed by atoms with E-state index >= 15 is 0 Å². The van der Waals surface area contributed by atoms with E-state index in [1.165, 1.54) is 11.3 Å². The largest absolute Gasteiger partial charge is 0.494 e. The Morgan fingerprint density at radius 3 is 1.78 bits per heavy atom. The molecule has 0 bridgehead atoms. The topological polar surface area (TPSA) is 84.0 Å². The molecule has 12 heteroatoms. The molecule has 2 heterocycles. The molecule has 0 saturated carbocycles. The summed E-state index contributed by atoms with van der Waals surface area (Å²) >= 11 is 0. The molecule has 0 amide bonds. The second-order valence-corrected chi connectivity index (χ2v) is 13.9. The van der Waals surface area contributed by atoms with Gasteiger partial charge in [-0.3, -0.25) is 9.88 Å². The maximum atomic E-state index is 6.02. The predicted octanol–water partition coefficient (Wildman–Crippen LogP) is 10.2. The number of hydrogen-bond donors (Lipinski definition) is 0. The van der Waals surface area contributed by atoms with E-state index in [-0.39, 0.29) is 24.8 Å². The highest BCUT2D eigenvalue weighted by atomic mass is 35.5. The summed E-state index contributed by atoms with van der Waals surface area (Å²) in [7, 11) is 9.78. The number of nitrogens with zero attached hydrogens (tertiary/aromatic N) is 3. The number of anilines is 1. The molecule has 4 aromatic carbocycles. The number of unbranched alkanes of at least 4 members (excludes halogenated alkanes) is 1. The average Bonchev–Trinajstić information content (AvgIpc) is 3.25. The molecule has 5 aromatic rings. The molecule has 1 fully saturated rings. The summed E-state index contributed by atoms with van der Waals surface area (Å²) < 4.78 is 39.7. The van der Waals surface area contributed by atoms with Gasteiger partial charge in [0.25, 0.3) is 0 Å². The lowest BCUT2D eigenvalue weighted by Crippen LogP contribution is -2.44. The molecule has 1 aliphatic rings. The molecule has 6 rings (SSSR count). The SMILES string of the molecule is CCCCOc1ccc(N(Cc2ccnc(-c3cc(OC)c(OC)c(OC)c3)c2)C2CCN(Cc3cccc(-c4cc(OC)c(OC)c(OC)c4)c3)CC2)cc1.Cl.Cl. The zero-order valence-electron chi connectivity index (χ0n) is 34.6. The summed E-state index contributed by atoms with van der Waals surface area (Å²) in [4.78, 5) is 9.85. The number of halogens is 2. The van der Waals surface area contributed by atoms with Crippen LogP contribution in [0.5, 0.6) is 40.2 Å². The fourth-order valence-electron chi connectivity index (χ4n) is 7.40. The van der Waals surface area contributed by atoms with Crippen molar-refractivity contribution in [2.24, 2.45) is 0 Å². The number of likely N-dealkylation sites (tertiary alicyclic amines) is 1. The second kappa shape index (κ2) is 22.2. The van der Waals surface area contributed by atoms with Crippen molar-refractivity contribution in [3.8, 4) is 62.6 Å². The minimum atomic E-state index is 0. The molecule has 1 aromatic heterocycles. The first-order valence-corrected chi connectivity index (χ1v) is 19.3. The molecule has 0 atom stereocenters. The third-order valence-corrected chi connectivity index (χ3v) is 10.4. The fraction of sp³-hybridized carbons (Fsp3) is 0.370. The van der Waals surface area contributed by atoms with Crippen LogP contribution in [0.3, 0.4) is 0 Å². The lowest BCUT2D eigenvalue weighted by Gasteiger charge is -2.40. The molecule has 0 radical (unpaired) electrons. The molecule has 1 aliphatic heterocycles. The highest BCUT2D eigenvalue weighted by Gasteiger charge is 2.26. The summed E-state index contributed by atoms with van der Waals surface area (Å²) in [5.41, 5.74) is 7.46. The van der Waals surface area contributed by atoms with E-state index in [4.69, 9.17) is 38.1 Å². The van der Waals surface area contributed by atoms with E-state index in [1.807, 2.05) is 30.5 Å². The molecule has 0 unspecified atom stereocenters. The number of aromatic nitrogens is 1. The summed E-state index contributed by atoms with van der Waals surface area (Å²) in [6.45, 7) is 6.48. The van der Waals surface area contributed by atoms with Gasteiger partial charge in [-0.05, 0) is 108 Å². The van der Waals surface area contributed by atoms with E-state index in [1.54, 1.807) is 42.7 Å². The summed E-state index contributed by atoms with van der Waals surface area (Å²) in [5, 5.41) is 0. The van der Waals surface area contributed by atoms with Gasteiger partial charge in [0.05, 0.1) is 55.0 Å². The summed E-state index contributed by atoms with van der Waals surface area (Å²) in [6.07, 6.45) is 6.09. The van der Waals surface area contributed by atoms with Gasteiger partial charge in [0.15, 0.2) is 23.0 Å². The molecule has 312 valence electrons. The molecule has 1 saturated heterocycles. The van der Waals surface area contributed by atoms with Crippen molar-refractivity contribution in [3.63, 3.8) is 0 Å². The molecule has 0 spiro atoms. The Balaban J connectivity index is 0.00000372. The third-order valence-electron chi connectivity index (χ3n) is 10.4. The number of methoxy groups -OCH3 is 6. The minimum absolute atomic E-state index is 0. The molecule has 0 N–H and O–H groups in total. The highest BCUT2D eigenvalue weighted by Crippen LogP contribution is 2.42. The zero-order valence-corrected chi connectivity index (χ0v) is 36.3. The standard InChI is InChI=1S/C46H55N3O7.2ClH/c1-8-9-23-56-39-15-13-37(14-16-39)49(31-33-17-20-47-40(25-33)36-28-43(52-4)46(55-7)44(29-36)53-5)38-18-21-48(22-19-38)30-32-11-10-12-34(24-32)35-26-41(50-2)45(54-6)42(27-35)51-3;;/h10-17,20,24-29,38H,8-9,18-19,21-23,30-31H2,1-7H3;2*1H. The lowest BCUT2D eigenvalue weighted by molar-refractivity contribution is 0.201. The van der Waals surface area contributed by atoms with E-state index in [9.17, 15) is 0 Å². The Morgan fingerprint density at radius 2 is 1.22 bits per heavy atom. The van der Waals surface area contributed by atoms with Gasteiger partial charge in [-0.1, -0.05) is 31.5 Å². The number of benzene rings is 4. The van der Waals surface area contributed by atoms with Crippen molar-refractivity contribution in [2.75, 3.05) is 67.3 Å². The first-order chi connectivity index (χ1) is 27.4. The van der Waals surface area contributed by atoms with E-state index < -0.39 is 0 Å². The van der Waals surface area contributed by atoms with Gasteiger partial charge < -0.3 is 38.1 Å². The summed E-state index contributed by atoms with van der Waals surface area (Å²) in [5.74, 6) is 4.52. The monoisotopic (exact) mass is 833 g/mol. The first-order valence-electron chi connectivity index (χ1n) is 19.3. The Kier molecular flexibility index (Phi) is 17.5. The van der Waals surface area contributed by atoms with Crippen LogP contribution in [0, 0.1) is 0 Å². The Labute approximate surface area is 356 Å². The van der Waals surface area contributed by atoms with Crippen molar-refractivity contribution in [1.29, 1.82) is 0 Å².